The predicted octanol–water partition coefficient (Wildman–Crippen LogP) is 4.78. The zero-order valence-electron chi connectivity index (χ0n) is 18.3. The first-order chi connectivity index (χ1) is 15.1. The highest BCUT2D eigenvalue weighted by molar-refractivity contribution is 5.93. The summed E-state index contributed by atoms with van der Waals surface area (Å²) < 4.78 is 11.6. The molecule has 2 heterocycles. The second-order valence-corrected chi connectivity index (χ2v) is 8.00. The van der Waals surface area contributed by atoms with Crippen LogP contribution in [0.5, 0.6) is 11.5 Å². The van der Waals surface area contributed by atoms with Crippen LogP contribution < -0.4 is 9.47 Å². The molecule has 2 aromatic carbocycles. The summed E-state index contributed by atoms with van der Waals surface area (Å²) in [6, 6.07) is 18.2. The van der Waals surface area contributed by atoms with Gasteiger partial charge in [-0.15, -0.1) is 0 Å². The Hall–Kier alpha value is -3.34. The van der Waals surface area contributed by atoms with Crippen LogP contribution in [0.3, 0.4) is 0 Å². The van der Waals surface area contributed by atoms with Gasteiger partial charge in [-0.05, 0) is 53.8 Å². The lowest BCUT2D eigenvalue weighted by atomic mass is 9.91. The monoisotopic (exact) mass is 416 g/mol. The second kappa shape index (κ2) is 9.21. The highest BCUT2D eigenvalue weighted by Crippen LogP contribution is 2.35. The van der Waals surface area contributed by atoms with Crippen LogP contribution in [-0.2, 0) is 13.0 Å². The highest BCUT2D eigenvalue weighted by Gasteiger charge is 2.33. The molecule has 0 N–H and O–H groups in total. The molecule has 160 valence electrons. The SMILES string of the molecule is CCc1ccc(COc2ccc(C3CN(C(=O)c4ccc(C)cn4)C3)cc2OC)cc1. The number of nitrogens with zero attached hydrogens (tertiary/aromatic N) is 2. The molecular weight excluding hydrogens is 388 g/mol. The van der Waals surface area contributed by atoms with Crippen molar-refractivity contribution in [2.75, 3.05) is 20.2 Å². The van der Waals surface area contributed by atoms with Gasteiger partial charge in [0.2, 0.25) is 0 Å². The quantitative estimate of drug-likeness (QED) is 0.556. The fraction of sp³-hybridized carbons (Fsp3) is 0.308. The number of rotatable bonds is 7. The summed E-state index contributed by atoms with van der Waals surface area (Å²) in [5.41, 5.74) is 5.14. The Kier molecular flexibility index (Phi) is 6.21. The van der Waals surface area contributed by atoms with Crippen molar-refractivity contribution in [2.45, 2.75) is 32.8 Å². The van der Waals surface area contributed by atoms with E-state index < -0.39 is 0 Å². The van der Waals surface area contributed by atoms with Gasteiger partial charge < -0.3 is 14.4 Å². The zero-order chi connectivity index (χ0) is 21.8. The van der Waals surface area contributed by atoms with E-state index >= 15 is 0 Å². The van der Waals surface area contributed by atoms with Crippen molar-refractivity contribution in [3.8, 4) is 11.5 Å². The summed E-state index contributed by atoms with van der Waals surface area (Å²) in [4.78, 5) is 18.6. The van der Waals surface area contributed by atoms with Gasteiger partial charge in [-0.3, -0.25) is 9.78 Å². The van der Waals surface area contributed by atoms with Crippen LogP contribution in [0.1, 0.15) is 45.6 Å². The molecule has 31 heavy (non-hydrogen) atoms. The molecule has 0 saturated carbocycles. The van der Waals surface area contributed by atoms with E-state index in [4.69, 9.17) is 9.47 Å². The third-order valence-electron chi connectivity index (χ3n) is 5.78. The molecule has 1 amide bonds. The first kappa shape index (κ1) is 20.9. The first-order valence-electron chi connectivity index (χ1n) is 10.7. The van der Waals surface area contributed by atoms with Gasteiger partial charge in [0.05, 0.1) is 7.11 Å². The number of carbonyl (C=O) groups is 1. The van der Waals surface area contributed by atoms with Crippen molar-refractivity contribution in [1.82, 2.24) is 9.88 Å². The third kappa shape index (κ3) is 4.71. The summed E-state index contributed by atoms with van der Waals surface area (Å²) in [7, 11) is 1.65. The zero-order valence-corrected chi connectivity index (χ0v) is 18.3. The number of pyridine rings is 1. The number of amides is 1. The molecule has 0 unspecified atom stereocenters. The molecule has 0 atom stereocenters. The van der Waals surface area contributed by atoms with Crippen molar-refractivity contribution in [3.63, 3.8) is 0 Å². The molecule has 1 saturated heterocycles. The fourth-order valence-electron chi connectivity index (χ4n) is 3.70. The predicted molar refractivity (Wildman–Crippen MR) is 121 cm³/mol. The molecule has 5 heteroatoms. The number of aromatic nitrogens is 1. The van der Waals surface area contributed by atoms with Gasteiger partial charge in [-0.25, -0.2) is 0 Å². The number of hydrogen-bond acceptors (Lipinski definition) is 4. The molecule has 1 fully saturated rings. The normalized spacial score (nSPS) is 13.6. The van der Waals surface area contributed by atoms with E-state index in [1.807, 2.05) is 30.0 Å². The molecule has 3 aromatic rings. The van der Waals surface area contributed by atoms with Crippen LogP contribution in [-0.4, -0.2) is 36.0 Å². The fourth-order valence-corrected chi connectivity index (χ4v) is 3.70. The number of hydrogen-bond donors (Lipinski definition) is 0. The minimum absolute atomic E-state index is 0.0164. The van der Waals surface area contributed by atoms with Crippen LogP contribution in [0.25, 0.3) is 0 Å². The Labute approximate surface area is 183 Å². The Bertz CT molecular complexity index is 1040. The van der Waals surface area contributed by atoms with Gasteiger partial charge >= 0.3 is 0 Å². The molecule has 0 spiro atoms. The molecular formula is C26H28N2O3. The Morgan fingerprint density at radius 3 is 2.42 bits per heavy atom. The van der Waals surface area contributed by atoms with Crippen LogP contribution in [0.15, 0.2) is 60.8 Å². The molecule has 1 aliphatic heterocycles. The Morgan fingerprint density at radius 1 is 1.03 bits per heavy atom. The molecule has 0 bridgehead atoms. The molecule has 0 radical (unpaired) electrons. The summed E-state index contributed by atoms with van der Waals surface area (Å²) in [5.74, 6) is 1.71. The van der Waals surface area contributed by atoms with Crippen molar-refractivity contribution < 1.29 is 14.3 Å². The van der Waals surface area contributed by atoms with Crippen LogP contribution >= 0.6 is 0 Å². The van der Waals surface area contributed by atoms with E-state index in [1.165, 1.54) is 5.56 Å². The third-order valence-corrected chi connectivity index (χ3v) is 5.78. The van der Waals surface area contributed by atoms with E-state index in [2.05, 4.69) is 42.2 Å². The Morgan fingerprint density at radius 2 is 1.77 bits per heavy atom. The van der Waals surface area contributed by atoms with Crippen LogP contribution in [0.4, 0.5) is 0 Å². The van der Waals surface area contributed by atoms with Crippen LogP contribution in [0, 0.1) is 6.92 Å². The maximum atomic E-state index is 12.6. The number of aryl methyl sites for hydroxylation is 2. The average molecular weight is 417 g/mol. The number of methoxy groups -OCH3 is 1. The van der Waals surface area contributed by atoms with Gasteiger partial charge in [0.15, 0.2) is 11.5 Å². The Balaban J connectivity index is 1.37. The lowest BCUT2D eigenvalue weighted by Gasteiger charge is -2.39. The van der Waals surface area contributed by atoms with Crippen molar-refractivity contribution in [1.29, 1.82) is 0 Å². The minimum atomic E-state index is -0.0164. The van der Waals surface area contributed by atoms with Crippen molar-refractivity contribution in [2.24, 2.45) is 0 Å². The largest absolute Gasteiger partial charge is 0.493 e. The summed E-state index contributed by atoms with van der Waals surface area (Å²) in [5, 5.41) is 0. The van der Waals surface area contributed by atoms with E-state index in [9.17, 15) is 4.79 Å². The molecule has 5 nitrogen and oxygen atoms in total. The second-order valence-electron chi connectivity index (χ2n) is 8.00. The van der Waals surface area contributed by atoms with E-state index in [0.29, 0.717) is 37.1 Å². The first-order valence-corrected chi connectivity index (χ1v) is 10.7. The number of ether oxygens (including phenoxy) is 2. The van der Waals surface area contributed by atoms with E-state index in [-0.39, 0.29) is 5.91 Å². The topological polar surface area (TPSA) is 51.7 Å². The van der Waals surface area contributed by atoms with E-state index in [0.717, 1.165) is 28.9 Å². The molecule has 1 aromatic heterocycles. The lowest BCUT2D eigenvalue weighted by Crippen LogP contribution is -2.48. The smallest absolute Gasteiger partial charge is 0.272 e. The standard InChI is InChI=1S/C26H28N2O3/c1-4-19-6-8-20(9-7-19)17-31-24-12-10-21(13-25(24)30-3)22-15-28(16-22)26(29)23-11-5-18(2)14-27-23/h5-14,22H,4,15-17H2,1-3H3. The summed E-state index contributed by atoms with van der Waals surface area (Å²) >= 11 is 0. The minimum Gasteiger partial charge on any atom is -0.493 e. The summed E-state index contributed by atoms with van der Waals surface area (Å²) in [6.07, 6.45) is 2.76. The highest BCUT2D eigenvalue weighted by atomic mass is 16.5. The maximum Gasteiger partial charge on any atom is 0.272 e. The van der Waals surface area contributed by atoms with Gasteiger partial charge in [-0.1, -0.05) is 43.3 Å². The summed E-state index contributed by atoms with van der Waals surface area (Å²) in [6.45, 7) is 5.97. The lowest BCUT2D eigenvalue weighted by molar-refractivity contribution is 0.0596. The number of carbonyl (C=O) groups excluding carboxylic acids is 1. The number of likely N-dealkylation sites (tertiary alicyclic amines) is 1. The maximum absolute atomic E-state index is 12.6. The van der Waals surface area contributed by atoms with Gasteiger partial charge in [-0.2, -0.15) is 0 Å². The molecule has 4 rings (SSSR count). The molecule has 1 aliphatic rings. The van der Waals surface area contributed by atoms with Gasteiger partial charge in [0.1, 0.15) is 12.3 Å². The van der Waals surface area contributed by atoms with Crippen LogP contribution in [0.2, 0.25) is 0 Å². The van der Waals surface area contributed by atoms with E-state index in [1.54, 1.807) is 19.4 Å². The van der Waals surface area contributed by atoms with Gasteiger partial charge in [0, 0.05) is 25.2 Å². The van der Waals surface area contributed by atoms with Gasteiger partial charge in [0.25, 0.3) is 5.91 Å². The number of benzene rings is 2. The molecule has 0 aliphatic carbocycles. The average Bonchev–Trinajstić information content (AvgIpc) is 2.77. The van der Waals surface area contributed by atoms with Crippen molar-refractivity contribution >= 4 is 5.91 Å². The van der Waals surface area contributed by atoms with Crippen molar-refractivity contribution in [3.05, 3.63) is 88.7 Å².